The number of sulfonamides is 1. The minimum absolute atomic E-state index is 0.000993. The minimum Gasteiger partial charge on any atom is -0.497 e. The van der Waals surface area contributed by atoms with Crippen LogP contribution >= 0.6 is 0 Å². The smallest absolute Gasteiger partial charge is 0.262 e. The summed E-state index contributed by atoms with van der Waals surface area (Å²) in [5.41, 5.74) is 0.316. The summed E-state index contributed by atoms with van der Waals surface area (Å²) in [6.07, 6.45) is 0. The summed E-state index contributed by atoms with van der Waals surface area (Å²) >= 11 is 0. The first-order chi connectivity index (χ1) is 13.9. The minimum atomic E-state index is -3.84. The first kappa shape index (κ1) is 20.6. The number of nitrogens with one attached hydrogen (secondary N) is 2. The van der Waals surface area contributed by atoms with E-state index in [4.69, 9.17) is 9.47 Å². The average molecular weight is 419 g/mol. The Kier molecular flexibility index (Phi) is 6.35. The number of methoxy groups -OCH3 is 1. The van der Waals surface area contributed by atoms with Crippen LogP contribution in [0.1, 0.15) is 0 Å². The molecule has 0 spiro atoms. The zero-order valence-corrected chi connectivity index (χ0v) is 16.6. The van der Waals surface area contributed by atoms with Crippen molar-refractivity contribution < 1.29 is 27.5 Å². The monoisotopic (exact) mass is 419 g/mol. The number of carbonyl (C=O) groups is 2. The average Bonchev–Trinajstić information content (AvgIpc) is 2.73. The van der Waals surface area contributed by atoms with Crippen LogP contribution in [0, 0.1) is 0 Å². The van der Waals surface area contributed by atoms with Crippen LogP contribution in [0.15, 0.2) is 53.4 Å². The molecule has 1 heterocycles. The summed E-state index contributed by atoms with van der Waals surface area (Å²) in [4.78, 5) is 23.6. The van der Waals surface area contributed by atoms with E-state index in [1.165, 1.54) is 18.2 Å². The van der Waals surface area contributed by atoms with E-state index in [-0.39, 0.29) is 37.0 Å². The van der Waals surface area contributed by atoms with Crippen molar-refractivity contribution in [2.45, 2.75) is 4.90 Å². The van der Waals surface area contributed by atoms with E-state index in [0.717, 1.165) is 4.31 Å². The molecule has 2 N–H and O–H groups in total. The normalized spacial score (nSPS) is 14.7. The van der Waals surface area contributed by atoms with Crippen molar-refractivity contribution in [3.63, 3.8) is 0 Å². The summed E-state index contributed by atoms with van der Waals surface area (Å²) in [5, 5.41) is 5.19. The van der Waals surface area contributed by atoms with Crippen LogP contribution in [0.5, 0.6) is 11.5 Å². The fourth-order valence-corrected chi connectivity index (χ4v) is 4.17. The Morgan fingerprint density at radius 2 is 1.90 bits per heavy atom. The molecule has 1 aliphatic heterocycles. The van der Waals surface area contributed by atoms with Crippen LogP contribution < -0.4 is 20.1 Å². The van der Waals surface area contributed by atoms with Crippen LogP contribution in [0.2, 0.25) is 0 Å². The Morgan fingerprint density at radius 3 is 2.59 bits per heavy atom. The molecule has 1 aliphatic rings. The Balaban J connectivity index is 1.62. The third kappa shape index (κ3) is 5.24. The first-order valence-corrected chi connectivity index (χ1v) is 10.3. The fourth-order valence-electron chi connectivity index (χ4n) is 2.72. The van der Waals surface area contributed by atoms with Crippen LogP contribution in [-0.4, -0.2) is 57.9 Å². The van der Waals surface area contributed by atoms with Gasteiger partial charge in [0.1, 0.15) is 11.5 Å². The van der Waals surface area contributed by atoms with Crippen molar-refractivity contribution in [1.82, 2.24) is 9.62 Å². The van der Waals surface area contributed by atoms with Gasteiger partial charge in [-0.05, 0) is 42.5 Å². The van der Waals surface area contributed by atoms with Gasteiger partial charge >= 0.3 is 0 Å². The van der Waals surface area contributed by atoms with Crippen molar-refractivity contribution in [3.05, 3.63) is 48.5 Å². The molecule has 1 fully saturated rings. The van der Waals surface area contributed by atoms with Crippen LogP contribution in [-0.2, 0) is 19.6 Å². The summed E-state index contributed by atoms with van der Waals surface area (Å²) in [5.74, 6) is 0.388. The molecule has 0 unspecified atom stereocenters. The van der Waals surface area contributed by atoms with Gasteiger partial charge in [-0.1, -0.05) is 6.07 Å². The lowest BCUT2D eigenvalue weighted by Crippen LogP contribution is -2.49. The van der Waals surface area contributed by atoms with E-state index in [0.29, 0.717) is 17.2 Å². The summed E-state index contributed by atoms with van der Waals surface area (Å²) in [6, 6.07) is 12.6. The molecule has 0 saturated carbocycles. The second-order valence-corrected chi connectivity index (χ2v) is 8.17. The molecule has 0 aliphatic carbocycles. The molecular weight excluding hydrogens is 398 g/mol. The molecule has 9 nitrogen and oxygen atoms in total. The largest absolute Gasteiger partial charge is 0.497 e. The molecule has 2 aromatic carbocycles. The Labute approximate surface area is 168 Å². The lowest BCUT2D eigenvalue weighted by molar-refractivity contribution is -0.122. The summed E-state index contributed by atoms with van der Waals surface area (Å²) < 4.78 is 37.0. The molecule has 0 bridgehead atoms. The van der Waals surface area contributed by atoms with Gasteiger partial charge in [0.25, 0.3) is 5.91 Å². The maximum absolute atomic E-state index is 12.7. The van der Waals surface area contributed by atoms with Crippen molar-refractivity contribution >= 4 is 27.5 Å². The van der Waals surface area contributed by atoms with E-state index in [2.05, 4.69) is 10.6 Å². The van der Waals surface area contributed by atoms with Gasteiger partial charge in [-0.3, -0.25) is 9.59 Å². The molecule has 3 rings (SSSR count). The Hall–Kier alpha value is -3.11. The van der Waals surface area contributed by atoms with E-state index in [1.54, 1.807) is 37.4 Å². The van der Waals surface area contributed by atoms with Crippen LogP contribution in [0.3, 0.4) is 0 Å². The number of nitrogens with zero attached hydrogens (tertiary/aromatic N) is 1. The molecule has 0 atom stereocenters. The van der Waals surface area contributed by atoms with Crippen molar-refractivity contribution in [2.75, 3.05) is 38.7 Å². The number of anilines is 1. The highest BCUT2D eigenvalue weighted by Gasteiger charge is 2.29. The quantitative estimate of drug-likeness (QED) is 0.687. The number of carbonyl (C=O) groups excluding carboxylic acids is 2. The van der Waals surface area contributed by atoms with Crippen molar-refractivity contribution in [1.29, 1.82) is 0 Å². The maximum Gasteiger partial charge on any atom is 0.262 e. The zero-order valence-electron chi connectivity index (χ0n) is 15.8. The summed E-state index contributed by atoms with van der Waals surface area (Å²) in [7, 11) is -2.28. The molecular formula is C19H21N3O6S. The molecule has 0 radical (unpaired) electrons. The number of amides is 2. The second-order valence-electron chi connectivity index (χ2n) is 6.23. The molecule has 0 aromatic heterocycles. The van der Waals surface area contributed by atoms with Gasteiger partial charge < -0.3 is 20.1 Å². The lowest BCUT2D eigenvalue weighted by Gasteiger charge is -2.26. The number of hydrogen-bond donors (Lipinski definition) is 2. The standard InChI is InChI=1S/C19H21N3O6S/c1-27-15-5-7-16(8-6-15)28-13-19(24)21-14-3-2-4-17(11-14)29(25,26)22-10-9-20-18(23)12-22/h2-8,11H,9-10,12-13H2,1H3,(H,20,23)(H,21,24). The van der Waals surface area contributed by atoms with Gasteiger partial charge in [-0.2, -0.15) is 4.31 Å². The van der Waals surface area contributed by atoms with Crippen molar-refractivity contribution in [3.8, 4) is 11.5 Å². The molecule has 1 saturated heterocycles. The third-order valence-electron chi connectivity index (χ3n) is 4.19. The second kappa shape index (κ2) is 8.93. The van der Waals surface area contributed by atoms with E-state index < -0.39 is 15.9 Å². The van der Waals surface area contributed by atoms with Crippen LogP contribution in [0.25, 0.3) is 0 Å². The zero-order chi connectivity index (χ0) is 20.9. The van der Waals surface area contributed by atoms with E-state index >= 15 is 0 Å². The number of piperazine rings is 1. The van der Waals surface area contributed by atoms with Crippen molar-refractivity contribution in [2.24, 2.45) is 0 Å². The number of hydrogen-bond acceptors (Lipinski definition) is 6. The molecule has 10 heteroatoms. The van der Waals surface area contributed by atoms with E-state index in [1.807, 2.05) is 0 Å². The maximum atomic E-state index is 12.7. The van der Waals surface area contributed by atoms with Gasteiger partial charge in [0.2, 0.25) is 15.9 Å². The highest BCUT2D eigenvalue weighted by Crippen LogP contribution is 2.21. The Morgan fingerprint density at radius 1 is 1.17 bits per heavy atom. The van der Waals surface area contributed by atoms with Gasteiger partial charge in [-0.15, -0.1) is 0 Å². The Bertz CT molecular complexity index is 991. The molecule has 2 aromatic rings. The summed E-state index contributed by atoms with van der Waals surface area (Å²) in [6.45, 7) is -0.0121. The SMILES string of the molecule is COc1ccc(OCC(=O)Nc2cccc(S(=O)(=O)N3CCNC(=O)C3)c2)cc1. The van der Waals surface area contributed by atoms with Gasteiger partial charge in [-0.25, -0.2) is 8.42 Å². The number of rotatable bonds is 7. The molecule has 2 amide bonds. The van der Waals surface area contributed by atoms with Crippen LogP contribution in [0.4, 0.5) is 5.69 Å². The van der Waals surface area contributed by atoms with E-state index in [9.17, 15) is 18.0 Å². The van der Waals surface area contributed by atoms with Gasteiger partial charge in [0.15, 0.2) is 6.61 Å². The lowest BCUT2D eigenvalue weighted by atomic mass is 10.3. The fraction of sp³-hybridized carbons (Fsp3) is 0.263. The highest BCUT2D eigenvalue weighted by atomic mass is 32.2. The first-order valence-electron chi connectivity index (χ1n) is 8.82. The predicted octanol–water partition coefficient (Wildman–Crippen LogP) is 0.833. The third-order valence-corrected chi connectivity index (χ3v) is 6.03. The van der Waals surface area contributed by atoms with Gasteiger partial charge in [0.05, 0.1) is 18.6 Å². The highest BCUT2D eigenvalue weighted by molar-refractivity contribution is 7.89. The number of ether oxygens (including phenoxy) is 2. The molecule has 154 valence electrons. The molecule has 29 heavy (non-hydrogen) atoms. The predicted molar refractivity (Wildman–Crippen MR) is 105 cm³/mol. The topological polar surface area (TPSA) is 114 Å². The van der Waals surface area contributed by atoms with Gasteiger partial charge in [0, 0.05) is 18.8 Å². The number of benzene rings is 2.